The number of rotatable bonds is 3. The average Bonchev–Trinajstić information content (AvgIpc) is 2.93. The number of thiazole rings is 1. The van der Waals surface area contributed by atoms with Gasteiger partial charge in [-0.25, -0.2) is 9.97 Å². The molecule has 0 aliphatic carbocycles. The number of aryl methyl sites for hydroxylation is 3. The Kier molecular flexibility index (Phi) is 3.96. The van der Waals surface area contributed by atoms with E-state index >= 15 is 0 Å². The predicted octanol–water partition coefficient (Wildman–Crippen LogP) is 2.74. The Bertz CT molecular complexity index is 958. The number of hydrogen-bond acceptors (Lipinski definition) is 5. The molecule has 0 bridgehead atoms. The summed E-state index contributed by atoms with van der Waals surface area (Å²) in [6.45, 7) is 6.02. The van der Waals surface area contributed by atoms with Crippen molar-refractivity contribution in [3.8, 4) is 0 Å². The second kappa shape index (κ2) is 5.92. The van der Waals surface area contributed by atoms with Gasteiger partial charge in [0.25, 0.3) is 11.5 Å². The van der Waals surface area contributed by atoms with Gasteiger partial charge >= 0.3 is 0 Å². The van der Waals surface area contributed by atoms with E-state index in [2.05, 4.69) is 15.3 Å². The van der Waals surface area contributed by atoms with Crippen LogP contribution in [-0.4, -0.2) is 20.4 Å². The lowest BCUT2D eigenvalue weighted by molar-refractivity contribution is 0.102. The highest BCUT2D eigenvalue weighted by Crippen LogP contribution is 2.18. The van der Waals surface area contributed by atoms with Crippen LogP contribution in [0.2, 0.25) is 0 Å². The summed E-state index contributed by atoms with van der Waals surface area (Å²) in [6, 6.07) is 5.15. The van der Waals surface area contributed by atoms with Crippen molar-refractivity contribution in [2.24, 2.45) is 0 Å². The van der Waals surface area contributed by atoms with Gasteiger partial charge in [0.15, 0.2) is 5.13 Å². The zero-order valence-corrected chi connectivity index (χ0v) is 13.9. The van der Waals surface area contributed by atoms with Crippen LogP contribution in [0.15, 0.2) is 28.4 Å². The van der Waals surface area contributed by atoms with E-state index in [1.165, 1.54) is 11.3 Å². The third kappa shape index (κ3) is 2.87. The fourth-order valence-electron chi connectivity index (χ4n) is 2.41. The van der Waals surface area contributed by atoms with Crippen LogP contribution < -0.4 is 10.9 Å². The van der Waals surface area contributed by atoms with Crippen molar-refractivity contribution in [3.05, 3.63) is 50.9 Å². The van der Waals surface area contributed by atoms with E-state index in [9.17, 15) is 9.59 Å². The van der Waals surface area contributed by atoms with Crippen molar-refractivity contribution < 1.29 is 4.79 Å². The number of anilines is 1. The van der Waals surface area contributed by atoms with Crippen LogP contribution in [0.4, 0.5) is 5.13 Å². The second-order valence-electron chi connectivity index (χ2n) is 5.20. The highest BCUT2D eigenvalue weighted by Gasteiger charge is 2.12. The molecule has 23 heavy (non-hydrogen) atoms. The van der Waals surface area contributed by atoms with Gasteiger partial charge in [-0.15, -0.1) is 11.3 Å². The molecule has 0 radical (unpaired) electrons. The van der Waals surface area contributed by atoms with Gasteiger partial charge < -0.3 is 4.57 Å². The molecule has 7 heteroatoms. The first kappa shape index (κ1) is 15.4. The van der Waals surface area contributed by atoms with Crippen molar-refractivity contribution in [1.82, 2.24) is 14.5 Å². The fourth-order valence-corrected chi connectivity index (χ4v) is 3.09. The summed E-state index contributed by atoms with van der Waals surface area (Å²) in [5.74, 6) is -0.241. The number of benzene rings is 1. The van der Waals surface area contributed by atoms with Gasteiger partial charge in [-0.2, -0.15) is 0 Å². The Balaban J connectivity index is 2.01. The molecule has 0 unspecified atom stereocenters. The van der Waals surface area contributed by atoms with Crippen molar-refractivity contribution in [2.45, 2.75) is 27.3 Å². The van der Waals surface area contributed by atoms with E-state index in [0.29, 0.717) is 28.5 Å². The van der Waals surface area contributed by atoms with E-state index in [1.54, 1.807) is 29.7 Å². The molecular formula is C16H16N4O2S. The number of hydrogen-bond donors (Lipinski definition) is 1. The molecule has 0 atom stereocenters. The van der Waals surface area contributed by atoms with Crippen LogP contribution >= 0.6 is 11.3 Å². The number of aromatic nitrogens is 3. The van der Waals surface area contributed by atoms with Crippen molar-refractivity contribution >= 4 is 33.4 Å². The summed E-state index contributed by atoms with van der Waals surface area (Å²) >= 11 is 1.38. The molecule has 3 rings (SSSR count). The maximum Gasteiger partial charge on any atom is 0.272 e. The van der Waals surface area contributed by atoms with E-state index in [0.717, 1.165) is 11.2 Å². The maximum atomic E-state index is 12.3. The molecule has 3 aromatic rings. The molecule has 2 aromatic heterocycles. The Morgan fingerprint density at radius 3 is 2.74 bits per heavy atom. The summed E-state index contributed by atoms with van der Waals surface area (Å²) in [5, 5.41) is 5.21. The third-order valence-electron chi connectivity index (χ3n) is 3.53. The predicted molar refractivity (Wildman–Crippen MR) is 91.2 cm³/mol. The van der Waals surface area contributed by atoms with Crippen molar-refractivity contribution in [2.75, 3.05) is 5.32 Å². The lowest BCUT2D eigenvalue weighted by atomic mass is 10.1. The van der Waals surface area contributed by atoms with Gasteiger partial charge in [-0.05, 0) is 39.0 Å². The van der Waals surface area contributed by atoms with Crippen LogP contribution in [0, 0.1) is 13.8 Å². The van der Waals surface area contributed by atoms with Gasteiger partial charge in [-0.3, -0.25) is 14.9 Å². The number of carbonyl (C=O) groups is 1. The molecule has 0 aliphatic heterocycles. The number of nitrogens with one attached hydrogen (secondary N) is 1. The summed E-state index contributed by atoms with van der Waals surface area (Å²) in [4.78, 5) is 33.0. The summed E-state index contributed by atoms with van der Waals surface area (Å²) in [5.41, 5.74) is 3.03. The quantitative estimate of drug-likeness (QED) is 0.802. The zero-order chi connectivity index (χ0) is 16.6. The first-order valence-corrected chi connectivity index (χ1v) is 8.12. The molecule has 0 aliphatic rings. The number of fused-ring (bicyclic) bond motifs is 1. The molecule has 0 fully saturated rings. The molecule has 6 nitrogen and oxygen atoms in total. The minimum absolute atomic E-state index is 0.101. The molecule has 2 heterocycles. The number of nitrogens with zero attached hydrogens (tertiary/aromatic N) is 3. The van der Waals surface area contributed by atoms with Gasteiger partial charge in [0.2, 0.25) is 0 Å². The molecule has 1 amide bonds. The van der Waals surface area contributed by atoms with E-state index < -0.39 is 0 Å². The zero-order valence-electron chi connectivity index (χ0n) is 13.1. The monoisotopic (exact) mass is 328 g/mol. The number of amides is 1. The van der Waals surface area contributed by atoms with E-state index in [4.69, 9.17) is 0 Å². The first-order chi connectivity index (χ1) is 11.0. The van der Waals surface area contributed by atoms with Crippen molar-refractivity contribution in [1.29, 1.82) is 0 Å². The lowest BCUT2D eigenvalue weighted by Gasteiger charge is -2.10. The fraction of sp³-hybridized carbons (Fsp3) is 0.250. The second-order valence-corrected chi connectivity index (χ2v) is 6.06. The van der Waals surface area contributed by atoms with Crippen LogP contribution in [0.25, 0.3) is 11.0 Å². The Labute approximate surface area is 136 Å². The molecule has 118 valence electrons. The molecular weight excluding hydrogens is 312 g/mol. The topological polar surface area (TPSA) is 76.9 Å². The van der Waals surface area contributed by atoms with Gasteiger partial charge in [0.1, 0.15) is 5.69 Å². The SMILES string of the molecule is CCn1c(=O)c(C)nc2cc(C(=O)Nc3nc(C)cs3)ccc21. The minimum atomic E-state index is -0.241. The summed E-state index contributed by atoms with van der Waals surface area (Å²) in [7, 11) is 0. The Morgan fingerprint density at radius 1 is 1.30 bits per heavy atom. The van der Waals surface area contributed by atoms with Crippen LogP contribution in [0.3, 0.4) is 0 Å². The van der Waals surface area contributed by atoms with E-state index in [-0.39, 0.29) is 11.5 Å². The first-order valence-electron chi connectivity index (χ1n) is 7.24. The van der Waals surface area contributed by atoms with Gasteiger partial charge in [0, 0.05) is 17.5 Å². The number of carbonyl (C=O) groups excluding carboxylic acids is 1. The summed E-state index contributed by atoms with van der Waals surface area (Å²) in [6.07, 6.45) is 0. The van der Waals surface area contributed by atoms with E-state index in [1.807, 2.05) is 19.2 Å². The molecule has 0 saturated heterocycles. The van der Waals surface area contributed by atoms with Crippen LogP contribution in [0.5, 0.6) is 0 Å². The minimum Gasteiger partial charge on any atom is -0.305 e. The van der Waals surface area contributed by atoms with Crippen LogP contribution in [-0.2, 0) is 6.54 Å². The third-order valence-corrected chi connectivity index (χ3v) is 4.40. The summed E-state index contributed by atoms with van der Waals surface area (Å²) < 4.78 is 1.66. The molecule has 1 N–H and O–H groups in total. The molecule has 0 saturated carbocycles. The smallest absolute Gasteiger partial charge is 0.272 e. The molecule has 0 spiro atoms. The normalized spacial score (nSPS) is 10.9. The van der Waals surface area contributed by atoms with Crippen LogP contribution in [0.1, 0.15) is 28.7 Å². The van der Waals surface area contributed by atoms with Gasteiger partial charge in [-0.1, -0.05) is 0 Å². The highest BCUT2D eigenvalue weighted by molar-refractivity contribution is 7.13. The Hall–Kier alpha value is -2.54. The van der Waals surface area contributed by atoms with Crippen molar-refractivity contribution in [3.63, 3.8) is 0 Å². The Morgan fingerprint density at radius 2 is 2.09 bits per heavy atom. The standard InChI is InChI=1S/C16H16N4O2S/c1-4-20-13-6-5-11(7-12(13)18-10(3)15(20)22)14(21)19-16-17-9(2)8-23-16/h5-8H,4H2,1-3H3,(H,17,19,21). The lowest BCUT2D eigenvalue weighted by Crippen LogP contribution is -2.23. The maximum absolute atomic E-state index is 12.3. The van der Waals surface area contributed by atoms with Gasteiger partial charge in [0.05, 0.1) is 16.7 Å². The molecule has 1 aromatic carbocycles. The highest BCUT2D eigenvalue weighted by atomic mass is 32.1. The largest absolute Gasteiger partial charge is 0.305 e. The average molecular weight is 328 g/mol.